The van der Waals surface area contributed by atoms with Gasteiger partial charge in [0.15, 0.2) is 0 Å². The van der Waals surface area contributed by atoms with E-state index in [9.17, 15) is 0 Å². The molecule has 0 unspecified atom stereocenters. The van der Waals surface area contributed by atoms with Crippen LogP contribution in [0.25, 0.3) is 0 Å². The van der Waals surface area contributed by atoms with Crippen LogP contribution >= 0.6 is 0 Å². The van der Waals surface area contributed by atoms with Gasteiger partial charge in [-0.2, -0.15) is 0 Å². The van der Waals surface area contributed by atoms with Crippen molar-refractivity contribution in [3.63, 3.8) is 0 Å². The molecule has 3 aromatic rings. The third kappa shape index (κ3) is 6.06. The van der Waals surface area contributed by atoms with Gasteiger partial charge in [0, 0.05) is 0 Å². The van der Waals surface area contributed by atoms with E-state index >= 15 is 0 Å². The predicted molar refractivity (Wildman–Crippen MR) is 138 cm³/mol. The number of allylic oxidation sites excluding steroid dienone is 4. The first-order chi connectivity index (χ1) is 15.6. The van der Waals surface area contributed by atoms with Crippen molar-refractivity contribution < 1.29 is 57.7 Å². The summed E-state index contributed by atoms with van der Waals surface area (Å²) in [5.41, 5.74) is 14.7. The van der Waals surface area contributed by atoms with Crippen LogP contribution in [0.1, 0.15) is 69.8 Å². The minimum absolute atomic E-state index is 0. The van der Waals surface area contributed by atoms with Gasteiger partial charge in [-0.3, -0.25) is 0 Å². The first kappa shape index (κ1) is 32.8. The van der Waals surface area contributed by atoms with Crippen molar-refractivity contribution >= 4 is 0 Å². The van der Waals surface area contributed by atoms with Crippen LogP contribution < -0.4 is 37.2 Å². The Bertz CT molecular complexity index is 1110. The summed E-state index contributed by atoms with van der Waals surface area (Å²) < 4.78 is 1.51. The molecule has 0 spiro atoms. The van der Waals surface area contributed by atoms with Gasteiger partial charge in [0.25, 0.3) is 0 Å². The molecule has 4 rings (SSSR count). The minimum atomic E-state index is -0.340. The Kier molecular flexibility index (Phi) is 11.8. The van der Waals surface area contributed by atoms with Gasteiger partial charge in [0.05, 0.1) is 0 Å². The van der Waals surface area contributed by atoms with Crippen molar-refractivity contribution in [1.29, 1.82) is 0 Å². The van der Waals surface area contributed by atoms with Gasteiger partial charge >= 0.3 is 213 Å². The fourth-order valence-electron chi connectivity index (χ4n) is 5.94. The zero-order valence-electron chi connectivity index (χ0n) is 22.3. The molecule has 0 aliphatic heterocycles. The number of aryl methyl sites for hydroxylation is 6. The molecule has 3 aromatic carbocycles. The molecule has 0 nitrogen and oxygen atoms in total. The molecule has 1 aliphatic carbocycles. The molecule has 0 saturated carbocycles. The molecular formula is C32H35Cl3Ti. The monoisotopic (exact) mass is 572 g/mol. The third-order valence-electron chi connectivity index (χ3n) is 6.92. The second-order valence-electron chi connectivity index (χ2n) is 10.0. The normalized spacial score (nSPS) is 13.0. The van der Waals surface area contributed by atoms with Gasteiger partial charge in [-0.05, 0) is 0 Å². The quantitative estimate of drug-likeness (QED) is 0.283. The van der Waals surface area contributed by atoms with Crippen LogP contribution in [0.4, 0.5) is 0 Å². The predicted octanol–water partition coefficient (Wildman–Crippen LogP) is -0.575. The molecule has 4 heteroatoms. The van der Waals surface area contributed by atoms with Crippen LogP contribution in [0.15, 0.2) is 75.7 Å². The van der Waals surface area contributed by atoms with E-state index in [2.05, 4.69) is 130 Å². The van der Waals surface area contributed by atoms with E-state index in [1.165, 1.54) is 65.1 Å². The molecule has 0 aromatic heterocycles. The van der Waals surface area contributed by atoms with Crippen molar-refractivity contribution in [2.45, 2.75) is 66.7 Å². The van der Waals surface area contributed by atoms with Gasteiger partial charge in [0.1, 0.15) is 0 Å². The fraction of sp³-hybridized carbons (Fsp3) is 0.312. The molecule has 36 heavy (non-hydrogen) atoms. The summed E-state index contributed by atoms with van der Waals surface area (Å²) in [4.78, 5) is 0. The smallest absolute Gasteiger partial charge is 1.00 e. The summed E-state index contributed by atoms with van der Waals surface area (Å²) in [6.45, 7) is 15.7. The Balaban J connectivity index is 0.00000216. The van der Waals surface area contributed by atoms with Gasteiger partial charge in [-0.25, -0.2) is 0 Å². The maximum atomic E-state index is 2.52. The minimum Gasteiger partial charge on any atom is -1.00 e. The standard InChI is InChI=1S/C32H35.3ClH.Ti/c1-8-27-10-9-11-31(27)32(28-15-21(2)12-22(3)16-28,29-17-23(4)13-24(5)18-29)30-19-25(6)14-26(7)20-30;;;;/h11-20H,8-9H2,1-7H3;3*1H;/q;;;;+3/p-3. The van der Waals surface area contributed by atoms with Gasteiger partial charge in [0.2, 0.25) is 0 Å². The number of hydrogen-bond donors (Lipinski definition) is 0. The number of benzene rings is 3. The van der Waals surface area contributed by atoms with Gasteiger partial charge < -0.3 is 37.2 Å². The second kappa shape index (κ2) is 13.0. The van der Waals surface area contributed by atoms with Crippen LogP contribution in [-0.2, 0) is 25.9 Å². The second-order valence-corrected chi connectivity index (χ2v) is 11.0. The Hall–Kier alpha value is -1.28. The Morgan fingerprint density at radius 2 is 0.889 bits per heavy atom. The fourth-order valence-corrected chi connectivity index (χ4v) is 6.58. The van der Waals surface area contributed by atoms with Gasteiger partial charge in [-0.1, -0.05) is 0 Å². The molecular weight excluding hydrogens is 539 g/mol. The van der Waals surface area contributed by atoms with Crippen molar-refractivity contribution in [3.8, 4) is 0 Å². The Morgan fingerprint density at radius 3 is 1.17 bits per heavy atom. The number of hydrogen-bond acceptors (Lipinski definition) is 0. The zero-order valence-corrected chi connectivity index (χ0v) is 26.2. The summed E-state index contributed by atoms with van der Waals surface area (Å²) in [6.07, 6.45) is 4.61. The Morgan fingerprint density at radius 1 is 0.583 bits per heavy atom. The van der Waals surface area contributed by atoms with Crippen LogP contribution in [0, 0.1) is 41.5 Å². The van der Waals surface area contributed by atoms with Crippen LogP contribution in [0.2, 0.25) is 0 Å². The summed E-state index contributed by atoms with van der Waals surface area (Å²) in [7, 11) is 0. The van der Waals surface area contributed by atoms with Crippen LogP contribution in [0.5, 0.6) is 0 Å². The molecule has 0 bridgehead atoms. The van der Waals surface area contributed by atoms with Crippen LogP contribution in [-0.4, -0.2) is 0 Å². The molecule has 188 valence electrons. The molecule has 1 aliphatic rings. The van der Waals surface area contributed by atoms with E-state index in [0.29, 0.717) is 0 Å². The van der Waals surface area contributed by atoms with E-state index in [-0.39, 0.29) is 42.6 Å². The van der Waals surface area contributed by atoms with E-state index in [0.717, 1.165) is 12.8 Å². The maximum Gasteiger partial charge on any atom is -1.00 e. The summed E-state index contributed by atoms with van der Waals surface area (Å²) in [5, 5.41) is 0. The van der Waals surface area contributed by atoms with Crippen molar-refractivity contribution in [2.24, 2.45) is 0 Å². The van der Waals surface area contributed by atoms with Crippen molar-refractivity contribution in [3.05, 3.63) is 126 Å². The topological polar surface area (TPSA) is 0 Å². The molecule has 0 heterocycles. The zero-order chi connectivity index (χ0) is 23.9. The molecule has 0 fully saturated rings. The maximum absolute atomic E-state index is 2.52. The van der Waals surface area contributed by atoms with E-state index < -0.39 is 0 Å². The van der Waals surface area contributed by atoms with Crippen molar-refractivity contribution in [1.82, 2.24) is 0 Å². The summed E-state index contributed by atoms with van der Waals surface area (Å²) in [5.74, 6) is 0. The molecule has 0 saturated heterocycles. The van der Waals surface area contributed by atoms with E-state index in [4.69, 9.17) is 0 Å². The largest absolute Gasteiger partial charge is 1.00 e. The first-order valence-corrected chi connectivity index (χ1v) is 12.8. The first-order valence-electron chi connectivity index (χ1n) is 12.1. The van der Waals surface area contributed by atoms with E-state index in [1.54, 1.807) is 0 Å². The third-order valence-corrected chi connectivity index (χ3v) is 7.71. The van der Waals surface area contributed by atoms with Crippen LogP contribution in [0.3, 0.4) is 0 Å². The Labute approximate surface area is 248 Å². The number of halogens is 3. The average molecular weight is 574 g/mol. The van der Waals surface area contributed by atoms with Gasteiger partial charge in [-0.15, -0.1) is 0 Å². The number of rotatable bonds is 5. The summed E-state index contributed by atoms with van der Waals surface area (Å²) >= 11 is 2.32. The van der Waals surface area contributed by atoms with E-state index in [1.807, 2.05) is 0 Å². The molecule has 0 N–H and O–H groups in total. The molecule has 0 amide bonds. The average Bonchev–Trinajstić information content (AvgIpc) is 3.07. The van der Waals surface area contributed by atoms with Crippen molar-refractivity contribution in [2.75, 3.05) is 0 Å². The molecule has 0 atom stereocenters. The SMILES string of the molecule is CCC1=[C]([Ti+3])CC=C1C(c1cc(C)cc(C)c1)(c1cc(C)cc(C)c1)c1cc(C)cc(C)c1.[Cl-].[Cl-].[Cl-]. The summed E-state index contributed by atoms with van der Waals surface area (Å²) in [6, 6.07) is 21.4. The molecule has 0 radical (unpaired) electrons.